The van der Waals surface area contributed by atoms with Crippen molar-refractivity contribution in [1.29, 1.82) is 0 Å². The van der Waals surface area contributed by atoms with Gasteiger partial charge in [-0.05, 0) is 20.3 Å². The zero-order valence-corrected chi connectivity index (χ0v) is 20.7. The van der Waals surface area contributed by atoms with Crippen LogP contribution in [0.3, 0.4) is 0 Å². The molecule has 0 spiro atoms. The van der Waals surface area contributed by atoms with Crippen LogP contribution < -0.4 is 5.30 Å². The van der Waals surface area contributed by atoms with E-state index < -0.39 is 0 Å². The van der Waals surface area contributed by atoms with Crippen LogP contribution in [0.2, 0.25) is 0 Å². The van der Waals surface area contributed by atoms with E-state index in [0.29, 0.717) is 0 Å². The second-order valence-electron chi connectivity index (χ2n) is 6.66. The van der Waals surface area contributed by atoms with Crippen LogP contribution >= 0.6 is 7.92 Å². The van der Waals surface area contributed by atoms with Gasteiger partial charge in [0, 0.05) is 0 Å². The van der Waals surface area contributed by atoms with E-state index in [1.807, 2.05) is 19.1 Å². The van der Waals surface area contributed by atoms with Gasteiger partial charge in [-0.2, -0.15) is 12.1 Å². The molecular formula is C26H29PZr. The molecule has 4 aromatic carbocycles. The minimum Gasteiger partial charge on any atom is -0.165 e. The largest absolute Gasteiger partial charge is 2.00 e. The Labute approximate surface area is 190 Å². The van der Waals surface area contributed by atoms with Gasteiger partial charge in [0.1, 0.15) is 0 Å². The third kappa shape index (κ3) is 7.46. The second kappa shape index (κ2) is 12.8. The van der Waals surface area contributed by atoms with E-state index in [2.05, 4.69) is 99.6 Å². The van der Waals surface area contributed by atoms with Gasteiger partial charge in [-0.1, -0.05) is 43.9 Å². The Balaban J connectivity index is 0.000000224. The number of hydrogen-bond donors (Lipinski definition) is 0. The van der Waals surface area contributed by atoms with Crippen LogP contribution in [-0.4, -0.2) is 13.3 Å². The van der Waals surface area contributed by atoms with Gasteiger partial charge in [-0.3, -0.25) is 0 Å². The van der Waals surface area contributed by atoms with Crippen LogP contribution in [0.5, 0.6) is 0 Å². The van der Waals surface area contributed by atoms with Crippen molar-refractivity contribution >= 4 is 34.8 Å². The molecule has 2 heteroatoms. The fraction of sp³-hybridized carbons (Fsp3) is 0.154. The van der Waals surface area contributed by atoms with Crippen molar-refractivity contribution in [1.82, 2.24) is 0 Å². The maximum atomic E-state index is 3.46. The summed E-state index contributed by atoms with van der Waals surface area (Å²) in [6.45, 7) is 12.1. The van der Waals surface area contributed by atoms with Crippen molar-refractivity contribution in [3.05, 3.63) is 103 Å². The van der Waals surface area contributed by atoms with Gasteiger partial charge >= 0.3 is 26.2 Å². The Morgan fingerprint density at radius 3 is 1.82 bits per heavy atom. The predicted molar refractivity (Wildman–Crippen MR) is 127 cm³/mol. The van der Waals surface area contributed by atoms with Crippen molar-refractivity contribution in [2.75, 3.05) is 13.3 Å². The van der Waals surface area contributed by atoms with Gasteiger partial charge in [0.15, 0.2) is 0 Å². The molecule has 0 N–H and O–H groups in total. The summed E-state index contributed by atoms with van der Waals surface area (Å²) in [4.78, 5) is 0. The molecule has 0 unspecified atom stereocenters. The predicted octanol–water partition coefficient (Wildman–Crippen LogP) is 7.54. The number of benzene rings is 2. The molecule has 0 saturated heterocycles. The maximum Gasteiger partial charge on any atom is 2.00 e. The van der Waals surface area contributed by atoms with Crippen molar-refractivity contribution in [2.45, 2.75) is 13.8 Å². The number of aryl methyl sites for hydroxylation is 1. The summed E-state index contributed by atoms with van der Waals surface area (Å²) in [5.41, 5.74) is 1.35. The van der Waals surface area contributed by atoms with Crippen LogP contribution in [0.1, 0.15) is 12.5 Å². The van der Waals surface area contributed by atoms with E-state index >= 15 is 0 Å². The van der Waals surface area contributed by atoms with E-state index in [1.54, 1.807) is 6.08 Å². The Morgan fingerprint density at radius 1 is 0.857 bits per heavy atom. The minimum absolute atomic E-state index is 0. The summed E-state index contributed by atoms with van der Waals surface area (Å²) >= 11 is 0. The van der Waals surface area contributed by atoms with Crippen LogP contribution in [0, 0.1) is 6.92 Å². The first kappa shape index (κ1) is 24.5. The third-order valence-electron chi connectivity index (χ3n) is 4.21. The van der Waals surface area contributed by atoms with Gasteiger partial charge in [0.05, 0.1) is 0 Å². The molecule has 0 amide bonds. The van der Waals surface area contributed by atoms with Gasteiger partial charge in [0.25, 0.3) is 0 Å². The summed E-state index contributed by atoms with van der Waals surface area (Å²) in [5.74, 6) is 0. The summed E-state index contributed by atoms with van der Waals surface area (Å²) in [6, 6.07) is 26.0. The van der Waals surface area contributed by atoms with Gasteiger partial charge in [0.2, 0.25) is 0 Å². The SMILES string of the molecule is C=CC=CC.CP(C)c1cc2ccccc2[cH-]1.Cc1cc2ccccc2[cH-]1.[Zr+2]. The van der Waals surface area contributed by atoms with Crippen molar-refractivity contribution in [2.24, 2.45) is 0 Å². The molecule has 142 valence electrons. The average molecular weight is 464 g/mol. The summed E-state index contributed by atoms with van der Waals surface area (Å²) < 4.78 is 0. The number of allylic oxidation sites excluding steroid dienone is 3. The molecule has 0 aromatic heterocycles. The van der Waals surface area contributed by atoms with Crippen LogP contribution in [0.15, 0.2) is 97.6 Å². The second-order valence-corrected chi connectivity index (χ2v) is 8.97. The molecule has 0 atom stereocenters. The molecule has 0 saturated carbocycles. The van der Waals surface area contributed by atoms with Crippen LogP contribution in [0.4, 0.5) is 0 Å². The maximum absolute atomic E-state index is 3.46. The monoisotopic (exact) mass is 462 g/mol. The van der Waals surface area contributed by atoms with Crippen molar-refractivity contribution < 1.29 is 26.2 Å². The quantitative estimate of drug-likeness (QED) is 0.164. The first-order chi connectivity index (χ1) is 13.0. The standard InChI is InChI=1S/C11H12P.C10H9.C5H8.Zr/c1-12(2)11-7-9-5-3-4-6-10(9)8-11;1-8-6-9-4-2-3-5-10(9)7-8;1-3-5-4-2;/h3-8H,1-2H3;2-7H,1H3;3-5H,1H2,2H3;/q2*-1;;+2. The topological polar surface area (TPSA) is 0 Å². The normalized spacial score (nSPS) is 10.2. The molecule has 4 aromatic rings. The molecule has 0 aliphatic carbocycles. The van der Waals surface area contributed by atoms with Gasteiger partial charge < -0.3 is 0 Å². The van der Waals surface area contributed by atoms with Crippen LogP contribution in [-0.2, 0) is 26.2 Å². The third-order valence-corrected chi connectivity index (χ3v) is 5.50. The summed E-state index contributed by atoms with van der Waals surface area (Å²) in [5, 5.41) is 6.96. The zero-order chi connectivity index (χ0) is 19.6. The molecule has 4 rings (SSSR count). The number of fused-ring (bicyclic) bond motifs is 2. The molecule has 0 bridgehead atoms. The molecule has 0 radical (unpaired) electrons. The first-order valence-corrected chi connectivity index (χ1v) is 11.5. The van der Waals surface area contributed by atoms with Crippen molar-refractivity contribution in [3.8, 4) is 0 Å². The molecule has 0 nitrogen and oxygen atoms in total. The molecule has 0 heterocycles. The van der Waals surface area contributed by atoms with Gasteiger partial charge in [-0.15, -0.1) is 88.9 Å². The van der Waals surface area contributed by atoms with E-state index in [4.69, 9.17) is 0 Å². The average Bonchev–Trinajstić information content (AvgIpc) is 3.25. The van der Waals surface area contributed by atoms with E-state index in [-0.39, 0.29) is 34.1 Å². The van der Waals surface area contributed by atoms with E-state index in [1.165, 1.54) is 32.4 Å². The smallest absolute Gasteiger partial charge is 0.165 e. The van der Waals surface area contributed by atoms with Crippen LogP contribution in [0.25, 0.3) is 21.5 Å². The molecule has 0 aliphatic rings. The minimum atomic E-state index is 0. The first-order valence-electron chi connectivity index (χ1n) is 9.23. The van der Waals surface area contributed by atoms with E-state index in [0.717, 1.165) is 0 Å². The number of hydrogen-bond acceptors (Lipinski definition) is 0. The Kier molecular flexibility index (Phi) is 11.2. The fourth-order valence-electron chi connectivity index (χ4n) is 2.83. The molecule has 0 aliphatic heterocycles. The summed E-state index contributed by atoms with van der Waals surface area (Å²) in [7, 11) is 0.0576. The fourth-order valence-corrected chi connectivity index (χ4v) is 3.63. The zero-order valence-electron chi connectivity index (χ0n) is 17.3. The molecule has 0 fully saturated rings. The van der Waals surface area contributed by atoms with Crippen molar-refractivity contribution in [3.63, 3.8) is 0 Å². The Hall–Kier alpha value is -1.55. The Bertz CT molecular complexity index is 935. The molecular weight excluding hydrogens is 434 g/mol. The summed E-state index contributed by atoms with van der Waals surface area (Å²) in [6.07, 6.45) is 5.58. The number of rotatable bonds is 2. The Morgan fingerprint density at radius 2 is 1.39 bits per heavy atom. The van der Waals surface area contributed by atoms with E-state index in [9.17, 15) is 0 Å². The molecule has 28 heavy (non-hydrogen) atoms. The van der Waals surface area contributed by atoms with Gasteiger partial charge in [-0.25, -0.2) is 0 Å².